The standard InChI is InChI=1S/C22H21N3O3/c23-14-20(22(27)25-28)24-21(26)19-12-10-18(11-13-19)17-8-6-16(7-9-17)15-4-2-1-3-5-15/h1-13,20,28H,14,23H2,(H,24,26)(H,25,27)/t20-/m0/s1. The van der Waals surface area contributed by atoms with Crippen LogP contribution in [0.3, 0.4) is 0 Å². The van der Waals surface area contributed by atoms with Crippen LogP contribution < -0.4 is 16.5 Å². The van der Waals surface area contributed by atoms with Crippen LogP contribution in [0.2, 0.25) is 0 Å². The summed E-state index contributed by atoms with van der Waals surface area (Å²) < 4.78 is 0. The van der Waals surface area contributed by atoms with Crippen molar-refractivity contribution in [1.82, 2.24) is 10.8 Å². The summed E-state index contributed by atoms with van der Waals surface area (Å²) in [6, 6.07) is 24.4. The van der Waals surface area contributed by atoms with Crippen molar-refractivity contribution in [1.29, 1.82) is 0 Å². The first-order chi connectivity index (χ1) is 13.6. The van der Waals surface area contributed by atoms with Gasteiger partial charge in [-0.1, -0.05) is 66.7 Å². The monoisotopic (exact) mass is 375 g/mol. The van der Waals surface area contributed by atoms with Crippen molar-refractivity contribution in [2.75, 3.05) is 6.54 Å². The summed E-state index contributed by atoms with van der Waals surface area (Å²) in [4.78, 5) is 23.7. The number of rotatable bonds is 6. The number of hydrogen-bond acceptors (Lipinski definition) is 4. The van der Waals surface area contributed by atoms with Crippen molar-refractivity contribution in [3.63, 3.8) is 0 Å². The van der Waals surface area contributed by atoms with E-state index in [2.05, 4.69) is 29.6 Å². The second kappa shape index (κ2) is 8.94. The van der Waals surface area contributed by atoms with Gasteiger partial charge in [0.25, 0.3) is 11.8 Å². The van der Waals surface area contributed by atoms with Gasteiger partial charge >= 0.3 is 0 Å². The van der Waals surface area contributed by atoms with Crippen molar-refractivity contribution in [2.24, 2.45) is 5.73 Å². The lowest BCUT2D eigenvalue weighted by atomic mass is 9.99. The summed E-state index contributed by atoms with van der Waals surface area (Å²) in [5.41, 5.74) is 11.6. The van der Waals surface area contributed by atoms with Gasteiger partial charge in [0.1, 0.15) is 6.04 Å². The normalized spacial score (nSPS) is 11.5. The lowest BCUT2D eigenvalue weighted by molar-refractivity contribution is -0.130. The molecule has 0 fully saturated rings. The third kappa shape index (κ3) is 4.43. The van der Waals surface area contributed by atoms with E-state index in [4.69, 9.17) is 10.9 Å². The molecule has 5 N–H and O–H groups in total. The lowest BCUT2D eigenvalue weighted by Crippen LogP contribution is -2.50. The van der Waals surface area contributed by atoms with Gasteiger partial charge < -0.3 is 11.1 Å². The van der Waals surface area contributed by atoms with Gasteiger partial charge in [-0.15, -0.1) is 0 Å². The summed E-state index contributed by atoms with van der Waals surface area (Å²) in [6.07, 6.45) is 0. The minimum Gasteiger partial charge on any atom is -0.339 e. The topological polar surface area (TPSA) is 104 Å². The molecule has 0 spiro atoms. The number of carbonyl (C=O) groups is 2. The molecule has 28 heavy (non-hydrogen) atoms. The minimum absolute atomic E-state index is 0.121. The van der Waals surface area contributed by atoms with E-state index < -0.39 is 17.9 Å². The molecule has 0 aliphatic carbocycles. The first-order valence-electron chi connectivity index (χ1n) is 8.83. The molecule has 6 heteroatoms. The molecule has 0 radical (unpaired) electrons. The molecule has 0 aliphatic rings. The summed E-state index contributed by atoms with van der Waals surface area (Å²) >= 11 is 0. The second-order valence-electron chi connectivity index (χ2n) is 6.26. The fraction of sp³-hybridized carbons (Fsp3) is 0.0909. The number of benzene rings is 3. The SMILES string of the molecule is NC[C@H](NC(=O)c1ccc(-c2ccc(-c3ccccc3)cc2)cc1)C(=O)NO. The third-order valence-electron chi connectivity index (χ3n) is 4.44. The number of amides is 2. The van der Waals surface area contributed by atoms with Crippen LogP contribution in [0.4, 0.5) is 0 Å². The summed E-state index contributed by atoms with van der Waals surface area (Å²) in [7, 11) is 0. The summed E-state index contributed by atoms with van der Waals surface area (Å²) in [6.45, 7) is -0.121. The Labute approximate surface area is 163 Å². The Morgan fingerprint density at radius 2 is 1.25 bits per heavy atom. The molecular formula is C22H21N3O3. The molecular weight excluding hydrogens is 354 g/mol. The van der Waals surface area contributed by atoms with Crippen molar-refractivity contribution in [3.8, 4) is 22.3 Å². The summed E-state index contributed by atoms with van der Waals surface area (Å²) in [5.74, 6) is -1.20. The van der Waals surface area contributed by atoms with Gasteiger partial charge in [-0.25, -0.2) is 5.48 Å². The van der Waals surface area contributed by atoms with Gasteiger partial charge in [-0.2, -0.15) is 0 Å². The highest BCUT2D eigenvalue weighted by Gasteiger charge is 2.19. The van der Waals surface area contributed by atoms with Crippen molar-refractivity contribution in [2.45, 2.75) is 6.04 Å². The molecule has 3 aromatic carbocycles. The minimum atomic E-state index is -0.997. The number of carbonyl (C=O) groups excluding carboxylic acids is 2. The zero-order chi connectivity index (χ0) is 19.9. The zero-order valence-electron chi connectivity index (χ0n) is 15.1. The second-order valence-corrected chi connectivity index (χ2v) is 6.26. The fourth-order valence-corrected chi connectivity index (χ4v) is 2.85. The summed E-state index contributed by atoms with van der Waals surface area (Å²) in [5, 5.41) is 11.2. The maximum atomic E-state index is 12.3. The molecule has 0 unspecified atom stereocenters. The molecule has 0 bridgehead atoms. The Kier molecular flexibility index (Phi) is 6.16. The van der Waals surface area contributed by atoms with Crippen LogP contribution >= 0.6 is 0 Å². The third-order valence-corrected chi connectivity index (χ3v) is 4.44. The lowest BCUT2D eigenvalue weighted by Gasteiger charge is -2.14. The van der Waals surface area contributed by atoms with Gasteiger partial charge in [-0.3, -0.25) is 14.8 Å². The molecule has 142 valence electrons. The highest BCUT2D eigenvalue weighted by Crippen LogP contribution is 2.25. The van der Waals surface area contributed by atoms with Crippen LogP contribution in [0, 0.1) is 0 Å². The average Bonchev–Trinajstić information content (AvgIpc) is 2.77. The Hall–Kier alpha value is -3.48. The smallest absolute Gasteiger partial charge is 0.267 e. The molecule has 0 aliphatic heterocycles. The Morgan fingerprint density at radius 1 is 0.786 bits per heavy atom. The highest BCUT2D eigenvalue weighted by molar-refractivity contribution is 5.97. The molecule has 1 atom stereocenters. The van der Waals surface area contributed by atoms with E-state index in [1.807, 2.05) is 42.5 Å². The number of hydrogen-bond donors (Lipinski definition) is 4. The van der Waals surface area contributed by atoms with E-state index in [0.717, 1.165) is 22.3 Å². The molecule has 0 aromatic heterocycles. The van der Waals surface area contributed by atoms with Gasteiger partial charge in [0.15, 0.2) is 0 Å². The Bertz CT molecular complexity index is 939. The Morgan fingerprint density at radius 3 is 1.71 bits per heavy atom. The average molecular weight is 375 g/mol. The number of hydroxylamine groups is 1. The van der Waals surface area contributed by atoms with Crippen molar-refractivity contribution < 1.29 is 14.8 Å². The van der Waals surface area contributed by atoms with Crippen LogP contribution in [0.1, 0.15) is 10.4 Å². The molecule has 0 saturated carbocycles. The molecule has 2 amide bonds. The molecule has 6 nitrogen and oxygen atoms in total. The van der Waals surface area contributed by atoms with E-state index in [-0.39, 0.29) is 6.54 Å². The quantitative estimate of drug-likeness (QED) is 0.393. The predicted octanol–water partition coefficient (Wildman–Crippen LogP) is 2.58. The van der Waals surface area contributed by atoms with Gasteiger partial charge in [0.05, 0.1) is 0 Å². The van der Waals surface area contributed by atoms with E-state index >= 15 is 0 Å². The van der Waals surface area contributed by atoms with Crippen LogP contribution in [0.5, 0.6) is 0 Å². The van der Waals surface area contributed by atoms with Crippen LogP contribution in [0.25, 0.3) is 22.3 Å². The first-order valence-corrected chi connectivity index (χ1v) is 8.83. The maximum Gasteiger partial charge on any atom is 0.267 e. The van der Waals surface area contributed by atoms with Gasteiger partial charge in [0, 0.05) is 12.1 Å². The fourth-order valence-electron chi connectivity index (χ4n) is 2.85. The van der Waals surface area contributed by atoms with E-state index in [1.54, 1.807) is 12.1 Å². The molecule has 0 heterocycles. The Balaban J connectivity index is 1.72. The molecule has 0 saturated heterocycles. The van der Waals surface area contributed by atoms with E-state index in [0.29, 0.717) is 5.56 Å². The van der Waals surface area contributed by atoms with Gasteiger partial charge in [-0.05, 0) is 34.4 Å². The predicted molar refractivity (Wildman–Crippen MR) is 108 cm³/mol. The van der Waals surface area contributed by atoms with E-state index in [9.17, 15) is 9.59 Å². The van der Waals surface area contributed by atoms with Crippen molar-refractivity contribution in [3.05, 3.63) is 84.4 Å². The number of nitrogens with two attached hydrogens (primary N) is 1. The number of nitrogens with one attached hydrogen (secondary N) is 2. The maximum absolute atomic E-state index is 12.3. The zero-order valence-corrected chi connectivity index (χ0v) is 15.1. The molecule has 3 rings (SSSR count). The van der Waals surface area contributed by atoms with E-state index in [1.165, 1.54) is 5.48 Å². The first kappa shape index (κ1) is 19.3. The van der Waals surface area contributed by atoms with Gasteiger partial charge in [0.2, 0.25) is 0 Å². The van der Waals surface area contributed by atoms with Crippen LogP contribution in [0.15, 0.2) is 78.9 Å². The van der Waals surface area contributed by atoms with Crippen LogP contribution in [-0.2, 0) is 4.79 Å². The largest absolute Gasteiger partial charge is 0.339 e. The highest BCUT2D eigenvalue weighted by atomic mass is 16.5. The van der Waals surface area contributed by atoms with Crippen molar-refractivity contribution >= 4 is 11.8 Å². The molecule has 3 aromatic rings. The van der Waals surface area contributed by atoms with Crippen LogP contribution in [-0.4, -0.2) is 29.6 Å².